The van der Waals surface area contributed by atoms with Gasteiger partial charge in [0.15, 0.2) is 0 Å². The van der Waals surface area contributed by atoms with Crippen LogP contribution in [0.25, 0.3) is 10.2 Å². The zero-order chi connectivity index (χ0) is 21.5. The average molecular weight is 441 g/mol. The number of hydrogen-bond acceptors (Lipinski definition) is 6. The van der Waals surface area contributed by atoms with Gasteiger partial charge in [-0.1, -0.05) is 0 Å². The Morgan fingerprint density at radius 1 is 1.23 bits per heavy atom. The lowest BCUT2D eigenvalue weighted by molar-refractivity contribution is -0.136. The second-order valence-corrected chi connectivity index (χ2v) is 8.42. The molecule has 0 unspecified atom stereocenters. The molecule has 2 aliphatic rings. The fourth-order valence-corrected chi connectivity index (χ4v) is 4.53. The van der Waals surface area contributed by atoms with E-state index in [2.05, 4.69) is 15.6 Å². The minimum Gasteiger partial charge on any atom is -0.355 e. The lowest BCUT2D eigenvalue weighted by Gasteiger charge is -2.35. The Bertz CT molecular complexity index is 965. The number of pyridine rings is 1. The molecule has 11 heteroatoms. The highest BCUT2D eigenvalue weighted by Gasteiger charge is 2.36. The summed E-state index contributed by atoms with van der Waals surface area (Å²) in [6, 6.07) is 1.36. The number of carbonyl (C=O) groups excluding carboxylic acids is 2. The van der Waals surface area contributed by atoms with Crippen molar-refractivity contribution in [2.75, 3.05) is 44.7 Å². The van der Waals surface area contributed by atoms with Crippen molar-refractivity contribution in [3.63, 3.8) is 0 Å². The molecule has 0 aromatic carbocycles. The summed E-state index contributed by atoms with van der Waals surface area (Å²) in [6.07, 6.45) is -2.50. The first-order valence-electron chi connectivity index (χ1n) is 9.74. The molecule has 2 aromatic rings. The van der Waals surface area contributed by atoms with Crippen LogP contribution < -0.4 is 15.5 Å². The smallest absolute Gasteiger partial charge is 0.355 e. The number of aromatic nitrogens is 1. The van der Waals surface area contributed by atoms with Crippen LogP contribution in [-0.2, 0) is 11.0 Å². The maximum atomic E-state index is 13.7. The molecule has 162 valence electrons. The first-order valence-corrected chi connectivity index (χ1v) is 10.6. The first-order chi connectivity index (χ1) is 14.3. The zero-order valence-electron chi connectivity index (χ0n) is 16.4. The number of anilines is 1. The molecule has 3 heterocycles. The molecule has 2 amide bonds. The van der Waals surface area contributed by atoms with E-state index in [0.29, 0.717) is 32.2 Å². The third-order valence-electron chi connectivity index (χ3n) is 5.29. The number of nitrogens with zero attached hydrogens (tertiary/aromatic N) is 3. The van der Waals surface area contributed by atoms with Crippen LogP contribution in [0.15, 0.2) is 11.4 Å². The van der Waals surface area contributed by atoms with E-state index in [1.54, 1.807) is 4.90 Å². The third-order valence-corrected chi connectivity index (χ3v) is 6.29. The second-order valence-electron chi connectivity index (χ2n) is 7.54. The van der Waals surface area contributed by atoms with Crippen molar-refractivity contribution < 1.29 is 22.8 Å². The van der Waals surface area contributed by atoms with Crippen molar-refractivity contribution >= 4 is 39.2 Å². The molecule has 0 spiro atoms. The lowest BCUT2D eigenvalue weighted by atomic mass is 10.1. The molecular formula is C19H22F3N5O2S. The van der Waals surface area contributed by atoms with Crippen LogP contribution in [0.4, 0.5) is 19.0 Å². The molecule has 1 aliphatic carbocycles. The Hall–Kier alpha value is -2.40. The number of hydrogen-bond donors (Lipinski definition) is 2. The van der Waals surface area contributed by atoms with Gasteiger partial charge in [-0.2, -0.15) is 13.2 Å². The minimum atomic E-state index is -4.55. The van der Waals surface area contributed by atoms with E-state index in [1.807, 2.05) is 4.90 Å². The standard InChI is InChI=1S/C19H22F3N5O2S/c1-23-18(29)12-10-30-17-13(19(20,21)22)8-14(25-16(12)17)27-6-4-26(5-7-27)9-15(28)24-11-2-3-11/h8,10-11H,2-7,9H2,1H3,(H,23,29)(H,24,28). The van der Waals surface area contributed by atoms with E-state index in [-0.39, 0.29) is 34.0 Å². The molecule has 4 rings (SSSR count). The van der Waals surface area contributed by atoms with E-state index < -0.39 is 17.6 Å². The molecule has 2 aromatic heterocycles. The van der Waals surface area contributed by atoms with Crippen LogP contribution in [0.5, 0.6) is 0 Å². The number of carbonyl (C=O) groups is 2. The molecule has 0 bridgehead atoms. The summed E-state index contributed by atoms with van der Waals surface area (Å²) in [4.78, 5) is 32.2. The predicted octanol–water partition coefficient (Wildman–Crippen LogP) is 2.08. The lowest BCUT2D eigenvalue weighted by Crippen LogP contribution is -2.50. The number of alkyl halides is 3. The molecular weight excluding hydrogens is 419 g/mol. The Balaban J connectivity index is 1.55. The molecule has 2 fully saturated rings. The first kappa shape index (κ1) is 20.9. The molecule has 1 saturated carbocycles. The number of thiophene rings is 1. The predicted molar refractivity (Wildman–Crippen MR) is 108 cm³/mol. The normalized spacial score (nSPS) is 17.9. The van der Waals surface area contributed by atoms with Gasteiger partial charge < -0.3 is 15.5 Å². The number of nitrogens with one attached hydrogen (secondary N) is 2. The number of fused-ring (bicyclic) bond motifs is 1. The average Bonchev–Trinajstić information content (AvgIpc) is 3.41. The Morgan fingerprint density at radius 2 is 1.93 bits per heavy atom. The van der Waals surface area contributed by atoms with E-state index in [1.165, 1.54) is 12.4 Å². The van der Waals surface area contributed by atoms with Gasteiger partial charge >= 0.3 is 6.18 Å². The highest BCUT2D eigenvalue weighted by molar-refractivity contribution is 7.17. The third kappa shape index (κ3) is 4.36. The van der Waals surface area contributed by atoms with E-state index >= 15 is 0 Å². The van der Waals surface area contributed by atoms with Gasteiger partial charge in [0.1, 0.15) is 5.82 Å². The molecule has 0 atom stereocenters. The minimum absolute atomic E-state index is 0.0154. The second kappa shape index (κ2) is 8.03. The van der Waals surface area contributed by atoms with E-state index in [0.717, 1.165) is 30.2 Å². The number of amides is 2. The van der Waals surface area contributed by atoms with Gasteiger partial charge in [0.2, 0.25) is 5.91 Å². The number of piperazine rings is 1. The van der Waals surface area contributed by atoms with E-state index in [9.17, 15) is 22.8 Å². The van der Waals surface area contributed by atoms with Gasteiger partial charge in [-0.25, -0.2) is 4.98 Å². The van der Waals surface area contributed by atoms with Crippen molar-refractivity contribution in [2.24, 2.45) is 0 Å². The van der Waals surface area contributed by atoms with Crippen molar-refractivity contribution in [1.82, 2.24) is 20.5 Å². The summed E-state index contributed by atoms with van der Waals surface area (Å²) in [6.45, 7) is 2.28. The fourth-order valence-electron chi connectivity index (χ4n) is 3.50. The van der Waals surface area contributed by atoms with Crippen LogP contribution in [0.3, 0.4) is 0 Å². The van der Waals surface area contributed by atoms with Crippen molar-refractivity contribution in [3.05, 3.63) is 22.6 Å². The SMILES string of the molecule is CNC(=O)c1csc2c(C(F)(F)F)cc(N3CCN(CC(=O)NC4CC4)CC3)nc12. The molecule has 30 heavy (non-hydrogen) atoms. The molecule has 0 radical (unpaired) electrons. The Morgan fingerprint density at radius 3 is 2.53 bits per heavy atom. The van der Waals surface area contributed by atoms with E-state index in [4.69, 9.17) is 0 Å². The van der Waals surface area contributed by atoms with Gasteiger partial charge in [0.25, 0.3) is 5.91 Å². The van der Waals surface area contributed by atoms with Crippen LogP contribution in [0, 0.1) is 0 Å². The Kier molecular flexibility index (Phi) is 5.58. The molecule has 1 saturated heterocycles. The van der Waals surface area contributed by atoms with Gasteiger partial charge in [0.05, 0.1) is 27.9 Å². The zero-order valence-corrected chi connectivity index (χ0v) is 17.2. The van der Waals surface area contributed by atoms with Gasteiger partial charge in [-0.05, 0) is 18.9 Å². The van der Waals surface area contributed by atoms with Crippen molar-refractivity contribution in [3.8, 4) is 0 Å². The largest absolute Gasteiger partial charge is 0.417 e. The van der Waals surface area contributed by atoms with Crippen molar-refractivity contribution in [1.29, 1.82) is 0 Å². The maximum absolute atomic E-state index is 13.7. The summed E-state index contributed by atoms with van der Waals surface area (Å²) >= 11 is 0.869. The number of halogens is 3. The van der Waals surface area contributed by atoms with Crippen LogP contribution in [0.1, 0.15) is 28.8 Å². The van der Waals surface area contributed by atoms with Gasteiger partial charge in [-0.15, -0.1) is 11.3 Å². The molecule has 1 aliphatic heterocycles. The van der Waals surface area contributed by atoms with Crippen LogP contribution in [0.2, 0.25) is 0 Å². The summed E-state index contributed by atoms with van der Waals surface area (Å²) in [5.74, 6) is -0.288. The van der Waals surface area contributed by atoms with Crippen LogP contribution in [-0.4, -0.2) is 67.5 Å². The summed E-state index contributed by atoms with van der Waals surface area (Å²) in [7, 11) is 1.43. The fraction of sp³-hybridized carbons (Fsp3) is 0.526. The maximum Gasteiger partial charge on any atom is 0.417 e. The molecule has 7 nitrogen and oxygen atoms in total. The number of rotatable bonds is 5. The highest BCUT2D eigenvalue weighted by atomic mass is 32.1. The van der Waals surface area contributed by atoms with Crippen molar-refractivity contribution in [2.45, 2.75) is 25.1 Å². The molecule has 2 N–H and O–H groups in total. The summed E-state index contributed by atoms with van der Waals surface area (Å²) in [5.41, 5.74) is -0.579. The Labute approximate surface area is 175 Å². The quantitative estimate of drug-likeness (QED) is 0.743. The highest BCUT2D eigenvalue weighted by Crippen LogP contribution is 2.40. The summed E-state index contributed by atoms with van der Waals surface area (Å²) < 4.78 is 41.0. The topological polar surface area (TPSA) is 77.6 Å². The van der Waals surface area contributed by atoms with Gasteiger partial charge in [0, 0.05) is 44.6 Å². The van der Waals surface area contributed by atoms with Gasteiger partial charge in [-0.3, -0.25) is 14.5 Å². The van der Waals surface area contributed by atoms with Crippen LogP contribution >= 0.6 is 11.3 Å². The summed E-state index contributed by atoms with van der Waals surface area (Å²) in [5, 5.41) is 6.79. The monoisotopic (exact) mass is 441 g/mol.